The molecule has 2 aromatic carbocycles. The molecule has 1 aliphatic rings. The maximum absolute atomic E-state index is 12.6. The molecule has 0 atom stereocenters. The van der Waals surface area contributed by atoms with E-state index in [1.54, 1.807) is 0 Å². The van der Waals surface area contributed by atoms with Crippen LogP contribution in [0.15, 0.2) is 52.7 Å². The minimum atomic E-state index is -0.940. The van der Waals surface area contributed by atoms with Crippen LogP contribution in [-0.2, 0) is 14.3 Å². The van der Waals surface area contributed by atoms with Crippen molar-refractivity contribution in [1.29, 1.82) is 0 Å². The van der Waals surface area contributed by atoms with Crippen LogP contribution in [0.4, 0.5) is 0 Å². The van der Waals surface area contributed by atoms with Crippen LogP contribution in [0.3, 0.4) is 0 Å². The molecule has 0 spiro atoms. The smallest absolute Gasteiger partial charge is 0.362 e. The van der Waals surface area contributed by atoms with Gasteiger partial charge in [-0.05, 0) is 42.5 Å². The Bertz CT molecular complexity index is 1090. The van der Waals surface area contributed by atoms with E-state index in [1.807, 2.05) is 0 Å². The Hall–Kier alpha value is -3.16. The number of hydrogen-bond donors (Lipinski definition) is 0. The van der Waals surface area contributed by atoms with Crippen molar-refractivity contribution in [3.63, 3.8) is 0 Å². The van der Waals surface area contributed by atoms with E-state index in [2.05, 4.69) is 14.9 Å². The van der Waals surface area contributed by atoms with E-state index >= 15 is 0 Å². The molecule has 2 aromatic rings. The number of halogens is 2. The summed E-state index contributed by atoms with van der Waals surface area (Å²) >= 11 is 11.9. The Kier molecular flexibility index (Phi) is 5.48. The lowest BCUT2D eigenvalue weighted by Gasteiger charge is -2.06. The van der Waals surface area contributed by atoms with Gasteiger partial charge >= 0.3 is 5.97 Å². The molecule has 0 radical (unpaired) electrons. The molecule has 140 valence electrons. The zero-order chi connectivity index (χ0) is 20.4. The van der Waals surface area contributed by atoms with Crippen LogP contribution in [0, 0.1) is 0 Å². The quantitative estimate of drug-likeness (QED) is 0.423. The maximum Gasteiger partial charge on any atom is 0.362 e. The summed E-state index contributed by atoms with van der Waals surface area (Å²) in [5.74, 6) is -3.29. The molecule has 0 bridgehead atoms. The van der Waals surface area contributed by atoms with Crippen LogP contribution in [0.5, 0.6) is 0 Å². The van der Waals surface area contributed by atoms with Crippen molar-refractivity contribution in [1.82, 2.24) is 0 Å². The topological polar surface area (TPSA) is 102 Å². The summed E-state index contributed by atoms with van der Waals surface area (Å²) < 4.78 is 4.46. The highest BCUT2D eigenvalue weighted by molar-refractivity contribution is 6.83. The summed E-state index contributed by atoms with van der Waals surface area (Å²) in [5.41, 5.74) is -0.483. The molecular formula is C19H10Cl2N2O5. The van der Waals surface area contributed by atoms with Crippen molar-refractivity contribution in [2.75, 3.05) is 7.11 Å². The number of carbonyl (C=O) groups excluding carboxylic acids is 4. The second-order valence-electron chi connectivity index (χ2n) is 5.58. The first kappa shape index (κ1) is 19.6. The third-order valence-electron chi connectivity index (χ3n) is 3.86. The van der Waals surface area contributed by atoms with E-state index in [-0.39, 0.29) is 27.4 Å². The van der Waals surface area contributed by atoms with Gasteiger partial charge in [0.2, 0.25) is 23.1 Å². The van der Waals surface area contributed by atoms with Crippen LogP contribution in [0.25, 0.3) is 0 Å². The van der Waals surface area contributed by atoms with Crippen LogP contribution >= 0.6 is 23.2 Å². The summed E-state index contributed by atoms with van der Waals surface area (Å²) in [6, 6.07) is 9.81. The summed E-state index contributed by atoms with van der Waals surface area (Å²) in [6.45, 7) is 0. The van der Waals surface area contributed by atoms with Gasteiger partial charge in [0, 0.05) is 21.7 Å². The van der Waals surface area contributed by atoms with Gasteiger partial charge in [-0.2, -0.15) is 0 Å². The highest BCUT2D eigenvalue weighted by Crippen LogP contribution is 2.23. The lowest BCUT2D eigenvalue weighted by molar-refractivity contribution is -0.133. The van der Waals surface area contributed by atoms with Gasteiger partial charge in [0.15, 0.2) is 0 Å². The molecule has 0 unspecified atom stereocenters. The molecule has 7 nitrogen and oxygen atoms in total. The molecule has 9 heteroatoms. The first-order valence-electron chi connectivity index (χ1n) is 7.76. The fourth-order valence-corrected chi connectivity index (χ4v) is 2.75. The van der Waals surface area contributed by atoms with Crippen LogP contribution in [0.2, 0.25) is 10.0 Å². The Morgan fingerprint density at radius 2 is 1.50 bits per heavy atom. The Labute approximate surface area is 168 Å². The third kappa shape index (κ3) is 3.62. The van der Waals surface area contributed by atoms with Gasteiger partial charge in [0.25, 0.3) is 0 Å². The number of Topliss-reactive ketones (excluding diaryl/α,β-unsaturated/α-hetero) is 3. The second kappa shape index (κ2) is 7.84. The van der Waals surface area contributed by atoms with E-state index in [9.17, 15) is 19.2 Å². The zero-order valence-electron chi connectivity index (χ0n) is 14.2. The molecule has 0 saturated heterocycles. The standard InChI is InChI=1S/C19H10Cl2N2O5/c1-28-19(27)15-18(26)14(22-23-15)12-8-10(4-7-13(12)21)17(25)16(24)9-2-5-11(20)6-3-9/h2-8H,1H3. The van der Waals surface area contributed by atoms with Gasteiger partial charge in [-0.25, -0.2) is 4.79 Å². The lowest BCUT2D eigenvalue weighted by Crippen LogP contribution is -2.28. The summed E-state index contributed by atoms with van der Waals surface area (Å²) in [5, 5.41) is 7.71. The molecule has 1 heterocycles. The number of esters is 1. The maximum atomic E-state index is 12.6. The van der Waals surface area contributed by atoms with Crippen molar-refractivity contribution in [3.8, 4) is 0 Å². The number of ketones is 3. The van der Waals surface area contributed by atoms with Gasteiger partial charge in [-0.1, -0.05) is 23.2 Å². The van der Waals surface area contributed by atoms with Gasteiger partial charge in [-0.15, -0.1) is 10.2 Å². The Balaban J connectivity index is 1.91. The largest absolute Gasteiger partial charge is 0.464 e. The monoisotopic (exact) mass is 416 g/mol. The number of ether oxygens (including phenoxy) is 1. The van der Waals surface area contributed by atoms with Gasteiger partial charge in [-0.3, -0.25) is 14.4 Å². The molecule has 0 N–H and O–H groups in total. The van der Waals surface area contributed by atoms with Crippen molar-refractivity contribution in [3.05, 3.63) is 69.2 Å². The van der Waals surface area contributed by atoms with Crippen molar-refractivity contribution in [2.24, 2.45) is 10.2 Å². The SMILES string of the molecule is COC(=O)C1=NN=C(c2cc(C(=O)C(=O)c3ccc(Cl)cc3)ccc2Cl)C1=O. The second-order valence-corrected chi connectivity index (χ2v) is 6.42. The van der Waals surface area contributed by atoms with Crippen molar-refractivity contribution in [2.45, 2.75) is 0 Å². The van der Waals surface area contributed by atoms with E-state index in [0.717, 1.165) is 7.11 Å². The molecule has 0 saturated carbocycles. The molecule has 0 aromatic heterocycles. The molecule has 0 aliphatic carbocycles. The van der Waals surface area contributed by atoms with E-state index in [4.69, 9.17) is 23.2 Å². The number of benzene rings is 2. The molecular weight excluding hydrogens is 407 g/mol. The van der Waals surface area contributed by atoms with Crippen molar-refractivity contribution < 1.29 is 23.9 Å². The molecule has 0 fully saturated rings. The van der Waals surface area contributed by atoms with E-state index in [0.29, 0.717) is 5.02 Å². The first-order chi connectivity index (χ1) is 13.3. The Morgan fingerprint density at radius 3 is 2.14 bits per heavy atom. The van der Waals surface area contributed by atoms with Crippen LogP contribution in [0.1, 0.15) is 26.3 Å². The van der Waals surface area contributed by atoms with E-state index in [1.165, 1.54) is 42.5 Å². The summed E-state index contributed by atoms with van der Waals surface area (Å²) in [4.78, 5) is 48.9. The van der Waals surface area contributed by atoms with Gasteiger partial charge < -0.3 is 4.74 Å². The normalized spacial score (nSPS) is 13.0. The average molecular weight is 417 g/mol. The predicted octanol–water partition coefficient (Wildman–Crippen LogP) is 2.96. The molecule has 3 rings (SSSR count). The molecule has 0 amide bonds. The van der Waals surface area contributed by atoms with Crippen molar-refractivity contribution >= 4 is 57.9 Å². The zero-order valence-corrected chi connectivity index (χ0v) is 15.7. The highest BCUT2D eigenvalue weighted by atomic mass is 35.5. The fourth-order valence-electron chi connectivity index (χ4n) is 2.42. The van der Waals surface area contributed by atoms with Gasteiger partial charge in [0.05, 0.1) is 12.1 Å². The van der Waals surface area contributed by atoms with E-state index < -0.39 is 29.0 Å². The molecule has 28 heavy (non-hydrogen) atoms. The molecule has 1 aliphatic heterocycles. The Morgan fingerprint density at radius 1 is 0.893 bits per heavy atom. The fraction of sp³-hybridized carbons (Fsp3) is 0.0526. The number of methoxy groups -OCH3 is 1. The number of rotatable bonds is 5. The number of carbonyl (C=O) groups is 4. The highest BCUT2D eigenvalue weighted by Gasteiger charge is 2.33. The van der Waals surface area contributed by atoms with Gasteiger partial charge in [0.1, 0.15) is 5.71 Å². The van der Waals surface area contributed by atoms with Crippen LogP contribution < -0.4 is 0 Å². The lowest BCUT2D eigenvalue weighted by atomic mass is 9.97. The summed E-state index contributed by atoms with van der Waals surface area (Å²) in [7, 11) is 1.10. The minimum absolute atomic E-state index is 0.00127. The number of hydrogen-bond acceptors (Lipinski definition) is 7. The minimum Gasteiger partial charge on any atom is -0.464 e. The predicted molar refractivity (Wildman–Crippen MR) is 103 cm³/mol. The van der Waals surface area contributed by atoms with Crippen LogP contribution in [-0.4, -0.2) is 41.9 Å². The summed E-state index contributed by atoms with van der Waals surface area (Å²) in [6.07, 6.45) is 0. The first-order valence-corrected chi connectivity index (χ1v) is 8.52. The third-order valence-corrected chi connectivity index (χ3v) is 4.44. The number of nitrogens with zero attached hydrogens (tertiary/aromatic N) is 2. The average Bonchev–Trinajstić information content (AvgIpc) is 3.08.